The van der Waals surface area contributed by atoms with Crippen LogP contribution in [0.15, 0.2) is 18.2 Å². The third-order valence-corrected chi connectivity index (χ3v) is 3.33. The van der Waals surface area contributed by atoms with E-state index in [0.717, 1.165) is 12.0 Å². The van der Waals surface area contributed by atoms with Gasteiger partial charge in [0.15, 0.2) is 0 Å². The molecule has 1 amide bonds. The van der Waals surface area contributed by atoms with Gasteiger partial charge < -0.3 is 15.4 Å². The van der Waals surface area contributed by atoms with Gasteiger partial charge in [0, 0.05) is 24.2 Å². The molecule has 0 fully saturated rings. The Balaban J connectivity index is 2.43. The summed E-state index contributed by atoms with van der Waals surface area (Å²) in [5, 5.41) is 6.41. The summed E-state index contributed by atoms with van der Waals surface area (Å²) in [6.07, 6.45) is 0.391. The fraction of sp³-hybridized carbons (Fsp3) is 0.562. The molecule has 4 nitrogen and oxygen atoms in total. The Morgan fingerprint density at radius 1 is 1.41 bits per heavy atom. The fourth-order valence-electron chi connectivity index (χ4n) is 1.80. The van der Waals surface area contributed by atoms with E-state index in [-0.39, 0.29) is 11.9 Å². The summed E-state index contributed by atoms with van der Waals surface area (Å²) < 4.78 is 18.2. The molecule has 1 unspecified atom stereocenters. The van der Waals surface area contributed by atoms with Gasteiger partial charge in [-0.25, -0.2) is 9.18 Å². The van der Waals surface area contributed by atoms with Gasteiger partial charge in [0.1, 0.15) is 11.4 Å². The highest BCUT2D eigenvalue weighted by Gasteiger charge is 2.17. The Hall–Kier alpha value is -1.33. The summed E-state index contributed by atoms with van der Waals surface area (Å²) in [4.78, 5) is 11.6. The van der Waals surface area contributed by atoms with Crippen molar-refractivity contribution in [2.24, 2.45) is 0 Å². The van der Waals surface area contributed by atoms with Crippen LogP contribution in [0.1, 0.15) is 39.7 Å². The molecule has 0 saturated heterocycles. The van der Waals surface area contributed by atoms with Crippen LogP contribution in [0.25, 0.3) is 0 Å². The number of nitrogens with one attached hydrogen (secondary N) is 2. The number of hydrogen-bond acceptors (Lipinski definition) is 3. The molecular formula is C16H24ClFN2O2. The van der Waals surface area contributed by atoms with E-state index >= 15 is 0 Å². The number of carbonyl (C=O) groups is 1. The van der Waals surface area contributed by atoms with Crippen molar-refractivity contribution in [2.45, 2.75) is 52.3 Å². The largest absolute Gasteiger partial charge is 0.444 e. The van der Waals surface area contributed by atoms with Gasteiger partial charge in [-0.2, -0.15) is 0 Å². The minimum Gasteiger partial charge on any atom is -0.444 e. The minimum atomic E-state index is -0.513. The molecule has 22 heavy (non-hydrogen) atoms. The lowest BCUT2D eigenvalue weighted by Gasteiger charge is -2.22. The van der Waals surface area contributed by atoms with Crippen LogP contribution in [0.2, 0.25) is 5.02 Å². The second-order valence-corrected chi connectivity index (χ2v) is 6.51. The van der Waals surface area contributed by atoms with E-state index in [1.807, 2.05) is 27.7 Å². The van der Waals surface area contributed by atoms with Crippen LogP contribution in [0.5, 0.6) is 0 Å². The van der Waals surface area contributed by atoms with Crippen molar-refractivity contribution >= 4 is 17.7 Å². The standard InChI is InChI=1S/C16H24ClFN2O2/c1-5-13(10-20-15(21)22-16(2,3)4)19-9-11-6-7-12(18)8-14(11)17/h6-8,13,19H,5,9-10H2,1-4H3,(H,20,21). The highest BCUT2D eigenvalue weighted by molar-refractivity contribution is 6.31. The molecule has 6 heteroatoms. The summed E-state index contributed by atoms with van der Waals surface area (Å²) in [5.41, 5.74) is 0.305. The van der Waals surface area contributed by atoms with Crippen LogP contribution in [0, 0.1) is 5.82 Å². The van der Waals surface area contributed by atoms with Crippen LogP contribution < -0.4 is 10.6 Å². The van der Waals surface area contributed by atoms with Crippen LogP contribution in [0.3, 0.4) is 0 Å². The summed E-state index contributed by atoms with van der Waals surface area (Å²) in [7, 11) is 0. The number of amides is 1. The Bertz CT molecular complexity index is 503. The van der Waals surface area contributed by atoms with Crippen LogP contribution in [0.4, 0.5) is 9.18 Å². The van der Waals surface area contributed by atoms with Gasteiger partial charge in [-0.15, -0.1) is 0 Å². The van der Waals surface area contributed by atoms with Crippen molar-refractivity contribution in [3.8, 4) is 0 Å². The number of ether oxygens (including phenoxy) is 1. The van der Waals surface area contributed by atoms with Crippen molar-refractivity contribution in [1.82, 2.24) is 10.6 Å². The predicted molar refractivity (Wildman–Crippen MR) is 86.6 cm³/mol. The Kier molecular flexibility index (Phi) is 7.10. The molecular weight excluding hydrogens is 307 g/mol. The molecule has 0 bridgehead atoms. The van der Waals surface area contributed by atoms with E-state index in [9.17, 15) is 9.18 Å². The molecule has 0 aliphatic heterocycles. The van der Waals surface area contributed by atoms with Crippen LogP contribution in [-0.2, 0) is 11.3 Å². The average molecular weight is 331 g/mol. The number of alkyl carbamates (subject to hydrolysis) is 1. The molecule has 0 saturated carbocycles. The fourth-order valence-corrected chi connectivity index (χ4v) is 2.03. The zero-order valence-electron chi connectivity index (χ0n) is 13.5. The molecule has 0 heterocycles. The maximum absolute atomic E-state index is 13.0. The molecule has 124 valence electrons. The third-order valence-electron chi connectivity index (χ3n) is 2.98. The molecule has 2 N–H and O–H groups in total. The highest BCUT2D eigenvalue weighted by atomic mass is 35.5. The first kappa shape index (κ1) is 18.7. The van der Waals surface area contributed by atoms with Crippen molar-refractivity contribution in [3.63, 3.8) is 0 Å². The van der Waals surface area contributed by atoms with E-state index in [1.54, 1.807) is 6.07 Å². The number of benzene rings is 1. The molecule has 0 aliphatic carbocycles. The average Bonchev–Trinajstić information content (AvgIpc) is 2.38. The zero-order valence-corrected chi connectivity index (χ0v) is 14.3. The monoisotopic (exact) mass is 330 g/mol. The van der Waals surface area contributed by atoms with Crippen molar-refractivity contribution in [3.05, 3.63) is 34.6 Å². The first-order chi connectivity index (χ1) is 10.2. The predicted octanol–water partition coefficient (Wildman–Crippen LogP) is 3.87. The quantitative estimate of drug-likeness (QED) is 0.832. The zero-order chi connectivity index (χ0) is 16.8. The summed E-state index contributed by atoms with van der Waals surface area (Å²) in [6.45, 7) is 8.43. The van der Waals surface area contributed by atoms with Crippen molar-refractivity contribution < 1.29 is 13.9 Å². The van der Waals surface area contributed by atoms with Gasteiger partial charge in [0.2, 0.25) is 0 Å². The number of halogens is 2. The van der Waals surface area contributed by atoms with E-state index in [4.69, 9.17) is 16.3 Å². The van der Waals surface area contributed by atoms with Crippen molar-refractivity contribution in [2.75, 3.05) is 6.54 Å². The summed E-state index contributed by atoms with van der Waals surface area (Å²) >= 11 is 5.99. The maximum atomic E-state index is 13.0. The highest BCUT2D eigenvalue weighted by Crippen LogP contribution is 2.17. The Morgan fingerprint density at radius 2 is 2.09 bits per heavy atom. The Labute approximate surface area is 136 Å². The lowest BCUT2D eigenvalue weighted by Crippen LogP contribution is -2.42. The number of carbonyl (C=O) groups excluding carboxylic acids is 1. The molecule has 0 aliphatic rings. The molecule has 0 aromatic heterocycles. The smallest absolute Gasteiger partial charge is 0.407 e. The number of hydrogen-bond donors (Lipinski definition) is 2. The molecule has 1 atom stereocenters. The first-order valence-electron chi connectivity index (χ1n) is 7.35. The molecule has 1 rings (SSSR count). The van der Waals surface area contributed by atoms with Gasteiger partial charge >= 0.3 is 6.09 Å². The third kappa shape index (κ3) is 7.09. The minimum absolute atomic E-state index is 0.0774. The van der Waals surface area contributed by atoms with Crippen LogP contribution >= 0.6 is 11.6 Å². The second-order valence-electron chi connectivity index (χ2n) is 6.10. The topological polar surface area (TPSA) is 50.4 Å². The Morgan fingerprint density at radius 3 is 2.64 bits per heavy atom. The second kappa shape index (κ2) is 8.34. The van der Waals surface area contributed by atoms with Gasteiger partial charge in [-0.1, -0.05) is 24.6 Å². The molecule has 0 radical (unpaired) electrons. The van der Waals surface area contributed by atoms with Gasteiger partial charge in [-0.3, -0.25) is 0 Å². The molecule has 1 aromatic rings. The van der Waals surface area contributed by atoms with E-state index in [1.165, 1.54) is 12.1 Å². The number of rotatable bonds is 6. The molecule has 0 spiro atoms. The summed E-state index contributed by atoms with van der Waals surface area (Å²) in [5.74, 6) is -0.354. The molecule has 1 aromatic carbocycles. The van der Waals surface area contributed by atoms with Gasteiger partial charge in [0.25, 0.3) is 0 Å². The maximum Gasteiger partial charge on any atom is 0.407 e. The van der Waals surface area contributed by atoms with Crippen molar-refractivity contribution in [1.29, 1.82) is 0 Å². The van der Waals surface area contributed by atoms with Crippen LogP contribution in [-0.4, -0.2) is 24.3 Å². The van der Waals surface area contributed by atoms with E-state index < -0.39 is 11.7 Å². The van der Waals surface area contributed by atoms with E-state index in [2.05, 4.69) is 10.6 Å². The van der Waals surface area contributed by atoms with Gasteiger partial charge in [-0.05, 0) is 44.9 Å². The first-order valence-corrected chi connectivity index (χ1v) is 7.73. The lowest BCUT2D eigenvalue weighted by atomic mass is 10.1. The van der Waals surface area contributed by atoms with Gasteiger partial charge in [0.05, 0.1) is 0 Å². The lowest BCUT2D eigenvalue weighted by molar-refractivity contribution is 0.0522. The van der Waals surface area contributed by atoms with E-state index in [0.29, 0.717) is 18.1 Å². The summed E-state index contributed by atoms with van der Waals surface area (Å²) in [6, 6.07) is 4.40. The SMILES string of the molecule is CCC(CNC(=O)OC(C)(C)C)NCc1ccc(F)cc1Cl. The normalized spacial score (nSPS) is 12.8.